The predicted molar refractivity (Wildman–Crippen MR) is 61.4 cm³/mol. The van der Waals surface area contributed by atoms with Gasteiger partial charge < -0.3 is 0 Å². The molecular weight excluding hydrogens is 274 g/mol. The van der Waals surface area contributed by atoms with E-state index in [1.165, 1.54) is 0 Å². The van der Waals surface area contributed by atoms with Gasteiger partial charge in [0.25, 0.3) is 0 Å². The molecule has 2 rings (SSSR count). The molecule has 1 saturated heterocycles. The molecule has 2 heterocycles. The molecule has 0 saturated carbocycles. The van der Waals surface area contributed by atoms with Crippen LogP contribution in [0.3, 0.4) is 0 Å². The molecule has 4 amide bonds. The number of halogens is 2. The standard InChI is InChI=1S/C11H12F2N4O3/c1-6(2)17-9(19)8(18)16(11(17)20)5-7-14-3-4-15(7)10(12)13/h3-4,6,10H,5H2,1-2H3. The maximum Gasteiger partial charge on any atom is 0.334 e. The van der Waals surface area contributed by atoms with Gasteiger partial charge in [-0.15, -0.1) is 0 Å². The minimum atomic E-state index is -2.84. The van der Waals surface area contributed by atoms with Crippen LogP contribution in [0.4, 0.5) is 13.6 Å². The smallest absolute Gasteiger partial charge is 0.276 e. The number of rotatable bonds is 4. The van der Waals surface area contributed by atoms with E-state index in [2.05, 4.69) is 4.98 Å². The Hall–Kier alpha value is -2.32. The lowest BCUT2D eigenvalue weighted by atomic mass is 10.3. The number of amides is 4. The second-order valence-electron chi connectivity index (χ2n) is 4.47. The summed E-state index contributed by atoms with van der Waals surface area (Å²) in [5, 5.41) is 0. The van der Waals surface area contributed by atoms with E-state index in [1.807, 2.05) is 0 Å². The van der Waals surface area contributed by atoms with Crippen molar-refractivity contribution in [3.8, 4) is 0 Å². The highest BCUT2D eigenvalue weighted by Gasteiger charge is 2.46. The van der Waals surface area contributed by atoms with Gasteiger partial charge in [-0.05, 0) is 13.8 Å². The third kappa shape index (κ3) is 2.15. The van der Waals surface area contributed by atoms with Gasteiger partial charge in [0.15, 0.2) is 0 Å². The van der Waals surface area contributed by atoms with Crippen LogP contribution < -0.4 is 0 Å². The molecule has 20 heavy (non-hydrogen) atoms. The van der Waals surface area contributed by atoms with Gasteiger partial charge in [0, 0.05) is 18.4 Å². The van der Waals surface area contributed by atoms with Crippen LogP contribution in [0.5, 0.6) is 0 Å². The Morgan fingerprint density at radius 1 is 1.20 bits per heavy atom. The first-order valence-electron chi connectivity index (χ1n) is 5.83. The van der Waals surface area contributed by atoms with Gasteiger partial charge >= 0.3 is 24.4 Å². The van der Waals surface area contributed by atoms with E-state index in [1.54, 1.807) is 13.8 Å². The molecule has 0 aliphatic carbocycles. The average Bonchev–Trinajstić information content (AvgIpc) is 2.89. The highest BCUT2D eigenvalue weighted by Crippen LogP contribution is 2.19. The molecule has 1 aliphatic heterocycles. The molecule has 1 aromatic rings. The molecule has 0 bridgehead atoms. The summed E-state index contributed by atoms with van der Waals surface area (Å²) < 4.78 is 25.9. The molecule has 1 fully saturated rings. The lowest BCUT2D eigenvalue weighted by molar-refractivity contribution is -0.144. The number of nitrogens with zero attached hydrogens (tertiary/aromatic N) is 4. The maximum atomic E-state index is 12.7. The molecule has 0 spiro atoms. The number of carbonyl (C=O) groups excluding carboxylic acids is 3. The number of alkyl halides is 2. The summed E-state index contributed by atoms with van der Waals surface area (Å²) >= 11 is 0. The number of carbonyl (C=O) groups is 3. The van der Waals surface area contributed by atoms with E-state index >= 15 is 0 Å². The van der Waals surface area contributed by atoms with E-state index in [0.29, 0.717) is 9.47 Å². The van der Waals surface area contributed by atoms with Crippen molar-refractivity contribution in [2.75, 3.05) is 0 Å². The largest absolute Gasteiger partial charge is 0.334 e. The molecule has 1 aliphatic rings. The summed E-state index contributed by atoms with van der Waals surface area (Å²) in [5.74, 6) is -2.16. The van der Waals surface area contributed by atoms with Crippen LogP contribution in [0.1, 0.15) is 26.2 Å². The Bertz CT molecular complexity index is 570. The summed E-state index contributed by atoms with van der Waals surface area (Å²) in [5.41, 5.74) is 0. The molecule has 9 heteroatoms. The van der Waals surface area contributed by atoms with Crippen molar-refractivity contribution in [1.82, 2.24) is 19.4 Å². The minimum Gasteiger partial charge on any atom is -0.276 e. The van der Waals surface area contributed by atoms with E-state index < -0.39 is 37.0 Å². The van der Waals surface area contributed by atoms with Crippen molar-refractivity contribution >= 4 is 17.8 Å². The van der Waals surface area contributed by atoms with Crippen LogP contribution in [0.25, 0.3) is 0 Å². The Kier molecular flexibility index (Phi) is 3.51. The van der Waals surface area contributed by atoms with Gasteiger partial charge in [-0.3, -0.25) is 19.1 Å². The van der Waals surface area contributed by atoms with Crippen molar-refractivity contribution in [3.63, 3.8) is 0 Å². The Morgan fingerprint density at radius 2 is 1.85 bits per heavy atom. The number of hydrogen-bond acceptors (Lipinski definition) is 4. The number of imidazole rings is 1. The summed E-state index contributed by atoms with van der Waals surface area (Å²) in [7, 11) is 0. The maximum absolute atomic E-state index is 12.7. The van der Waals surface area contributed by atoms with Crippen LogP contribution >= 0.6 is 0 Å². The molecule has 7 nitrogen and oxygen atoms in total. The van der Waals surface area contributed by atoms with E-state index in [-0.39, 0.29) is 5.82 Å². The van der Waals surface area contributed by atoms with Gasteiger partial charge in [-0.1, -0.05) is 0 Å². The van der Waals surface area contributed by atoms with Crippen molar-refractivity contribution in [1.29, 1.82) is 0 Å². The van der Waals surface area contributed by atoms with Crippen LogP contribution in [0.15, 0.2) is 12.4 Å². The number of imide groups is 2. The first-order chi connectivity index (χ1) is 9.34. The fraction of sp³-hybridized carbons (Fsp3) is 0.455. The van der Waals surface area contributed by atoms with Gasteiger partial charge in [-0.25, -0.2) is 14.7 Å². The second kappa shape index (κ2) is 4.99. The molecule has 1 aromatic heterocycles. The van der Waals surface area contributed by atoms with E-state index in [0.717, 1.165) is 17.3 Å². The zero-order chi connectivity index (χ0) is 15.0. The molecule has 0 N–H and O–H groups in total. The lowest BCUT2D eigenvalue weighted by Crippen LogP contribution is -2.38. The minimum absolute atomic E-state index is 0.167. The molecular formula is C11H12F2N4O3. The normalized spacial score (nSPS) is 16.2. The first-order valence-corrected chi connectivity index (χ1v) is 5.83. The number of urea groups is 1. The highest BCUT2D eigenvalue weighted by atomic mass is 19.3. The third-order valence-electron chi connectivity index (χ3n) is 2.86. The highest BCUT2D eigenvalue weighted by molar-refractivity contribution is 6.44. The number of aromatic nitrogens is 2. The second-order valence-corrected chi connectivity index (χ2v) is 4.47. The Balaban J connectivity index is 2.26. The van der Waals surface area contributed by atoms with Crippen LogP contribution in [-0.2, 0) is 16.1 Å². The zero-order valence-corrected chi connectivity index (χ0v) is 10.8. The van der Waals surface area contributed by atoms with Gasteiger partial charge in [-0.2, -0.15) is 8.78 Å². The topological polar surface area (TPSA) is 75.5 Å². The van der Waals surface area contributed by atoms with Crippen molar-refractivity contribution < 1.29 is 23.2 Å². The number of hydrogen-bond donors (Lipinski definition) is 0. The van der Waals surface area contributed by atoms with Crippen molar-refractivity contribution in [2.24, 2.45) is 0 Å². The zero-order valence-electron chi connectivity index (χ0n) is 10.8. The molecule has 0 aromatic carbocycles. The molecule has 0 radical (unpaired) electrons. The van der Waals surface area contributed by atoms with E-state index in [4.69, 9.17) is 0 Å². The monoisotopic (exact) mass is 286 g/mol. The summed E-state index contributed by atoms with van der Waals surface area (Å²) in [6, 6.07) is -1.31. The SMILES string of the molecule is CC(C)N1C(=O)C(=O)N(Cc2nccn2C(F)F)C1=O. The van der Waals surface area contributed by atoms with Gasteiger partial charge in [0.1, 0.15) is 5.82 Å². The summed E-state index contributed by atoms with van der Waals surface area (Å²) in [4.78, 5) is 40.4. The third-order valence-corrected chi connectivity index (χ3v) is 2.86. The Morgan fingerprint density at radius 3 is 2.35 bits per heavy atom. The van der Waals surface area contributed by atoms with Crippen molar-refractivity contribution in [3.05, 3.63) is 18.2 Å². The molecule has 0 atom stereocenters. The summed E-state index contributed by atoms with van der Waals surface area (Å²) in [6.45, 7) is -0.152. The molecule has 0 unspecified atom stereocenters. The fourth-order valence-electron chi connectivity index (χ4n) is 1.90. The van der Waals surface area contributed by atoms with Crippen molar-refractivity contribution in [2.45, 2.75) is 33.0 Å². The van der Waals surface area contributed by atoms with Gasteiger partial charge in [0.2, 0.25) is 0 Å². The van der Waals surface area contributed by atoms with E-state index in [9.17, 15) is 23.2 Å². The van der Waals surface area contributed by atoms with Crippen LogP contribution in [0.2, 0.25) is 0 Å². The first kappa shape index (κ1) is 14.1. The van der Waals surface area contributed by atoms with Crippen LogP contribution in [-0.4, -0.2) is 43.2 Å². The Labute approximate surface area is 112 Å². The van der Waals surface area contributed by atoms with Gasteiger partial charge in [0.05, 0.1) is 6.54 Å². The molecule has 108 valence electrons. The average molecular weight is 286 g/mol. The lowest BCUT2D eigenvalue weighted by Gasteiger charge is -2.18. The summed E-state index contributed by atoms with van der Waals surface area (Å²) in [6.07, 6.45) is 2.17. The van der Waals surface area contributed by atoms with Crippen LogP contribution in [0, 0.1) is 0 Å². The quantitative estimate of drug-likeness (QED) is 0.610. The fourth-order valence-corrected chi connectivity index (χ4v) is 1.90. The predicted octanol–water partition coefficient (Wildman–Crippen LogP) is 0.977.